The molecule has 0 fully saturated rings. The maximum Gasteiger partial charge on any atom is 0.191 e. The van der Waals surface area contributed by atoms with E-state index in [1.165, 1.54) is 4.88 Å². The molecule has 0 radical (unpaired) electrons. The van der Waals surface area contributed by atoms with Crippen molar-refractivity contribution in [2.45, 2.75) is 19.9 Å². The van der Waals surface area contributed by atoms with Crippen molar-refractivity contribution in [1.29, 1.82) is 0 Å². The molecular weight excluding hydrogens is 421 g/mol. The highest BCUT2D eigenvalue weighted by Gasteiger charge is 2.02. The summed E-state index contributed by atoms with van der Waals surface area (Å²) in [4.78, 5) is 6.01. The van der Waals surface area contributed by atoms with E-state index in [-0.39, 0.29) is 24.0 Å². The van der Waals surface area contributed by atoms with Crippen molar-refractivity contribution in [3.8, 4) is 5.75 Å². The maximum absolute atomic E-state index is 5.36. The van der Waals surface area contributed by atoms with Crippen LogP contribution in [-0.4, -0.2) is 26.2 Å². The highest BCUT2D eigenvalue weighted by molar-refractivity contribution is 14.0. The number of aliphatic imine (C=N–C) groups is 1. The second-order valence-corrected chi connectivity index (χ2v) is 5.80. The molecule has 4 nitrogen and oxygen atoms in total. The lowest BCUT2D eigenvalue weighted by Gasteiger charge is -2.11. The summed E-state index contributed by atoms with van der Waals surface area (Å²) in [6.45, 7) is 4.38. The average molecular weight is 445 g/mol. The van der Waals surface area contributed by atoms with Crippen molar-refractivity contribution in [3.63, 3.8) is 0 Å². The smallest absolute Gasteiger partial charge is 0.191 e. The highest BCUT2D eigenvalue weighted by atomic mass is 127. The number of rotatable bonds is 7. The molecule has 0 bridgehead atoms. The van der Waals surface area contributed by atoms with Gasteiger partial charge in [-0.2, -0.15) is 0 Å². The van der Waals surface area contributed by atoms with Gasteiger partial charge < -0.3 is 15.4 Å². The number of hydrogen-bond acceptors (Lipinski definition) is 3. The summed E-state index contributed by atoms with van der Waals surface area (Å²) in [7, 11) is 1.69. The van der Waals surface area contributed by atoms with Crippen LogP contribution in [0.3, 0.4) is 0 Å². The minimum atomic E-state index is 0. The summed E-state index contributed by atoms with van der Waals surface area (Å²) in [6, 6.07) is 12.2. The van der Waals surface area contributed by atoms with E-state index in [0.29, 0.717) is 6.54 Å². The van der Waals surface area contributed by atoms with Gasteiger partial charge in [0.1, 0.15) is 5.75 Å². The molecule has 0 aliphatic rings. The van der Waals surface area contributed by atoms with Crippen molar-refractivity contribution in [1.82, 2.24) is 10.6 Å². The lowest BCUT2D eigenvalue weighted by atomic mass is 10.2. The summed E-state index contributed by atoms with van der Waals surface area (Å²) in [6.07, 6.45) is 1.01. The second-order valence-electron chi connectivity index (χ2n) is 4.76. The van der Waals surface area contributed by atoms with Crippen LogP contribution in [0.2, 0.25) is 0 Å². The van der Waals surface area contributed by atoms with Gasteiger partial charge in [0.15, 0.2) is 5.96 Å². The summed E-state index contributed by atoms with van der Waals surface area (Å²) in [5, 5.41) is 8.75. The van der Waals surface area contributed by atoms with E-state index in [1.807, 2.05) is 24.3 Å². The number of hydrogen-bond donors (Lipinski definition) is 2. The van der Waals surface area contributed by atoms with Crippen LogP contribution in [0.5, 0.6) is 5.75 Å². The molecule has 0 spiro atoms. The number of nitrogens with zero attached hydrogens (tertiary/aromatic N) is 1. The van der Waals surface area contributed by atoms with Crippen LogP contribution in [0.4, 0.5) is 0 Å². The first-order chi connectivity index (χ1) is 10.8. The zero-order valence-corrected chi connectivity index (χ0v) is 16.7. The summed E-state index contributed by atoms with van der Waals surface area (Å²) in [5.41, 5.74) is 1.08. The summed E-state index contributed by atoms with van der Waals surface area (Å²) < 4.78 is 5.36. The third-order valence-electron chi connectivity index (χ3n) is 3.19. The zero-order valence-electron chi connectivity index (χ0n) is 13.5. The van der Waals surface area contributed by atoms with E-state index in [0.717, 1.165) is 36.8 Å². The Bertz CT molecular complexity index is 587. The number of para-hydroxylation sites is 1. The van der Waals surface area contributed by atoms with Crippen molar-refractivity contribution >= 4 is 41.3 Å². The molecule has 23 heavy (non-hydrogen) atoms. The van der Waals surface area contributed by atoms with Gasteiger partial charge in [0.25, 0.3) is 0 Å². The van der Waals surface area contributed by atoms with Gasteiger partial charge in [-0.15, -0.1) is 35.3 Å². The first kappa shape index (κ1) is 19.8. The molecule has 0 aliphatic carbocycles. The lowest BCUT2D eigenvalue weighted by molar-refractivity contribution is 0.410. The standard InChI is InChI=1S/C17H23N3OS.HI/c1-3-18-17(19-11-10-15-8-6-12-22-15)20-13-14-7-4-5-9-16(14)21-2;/h4-9,12H,3,10-11,13H2,1-2H3,(H2,18,19,20);1H. The van der Waals surface area contributed by atoms with E-state index in [4.69, 9.17) is 4.74 Å². The number of thiophene rings is 1. The van der Waals surface area contributed by atoms with Crippen LogP contribution in [0.25, 0.3) is 0 Å². The van der Waals surface area contributed by atoms with E-state index in [9.17, 15) is 0 Å². The van der Waals surface area contributed by atoms with Gasteiger partial charge in [0, 0.05) is 23.5 Å². The maximum atomic E-state index is 5.36. The van der Waals surface area contributed by atoms with E-state index >= 15 is 0 Å². The molecule has 0 aliphatic heterocycles. The van der Waals surface area contributed by atoms with Crippen LogP contribution >= 0.6 is 35.3 Å². The molecule has 2 N–H and O–H groups in total. The van der Waals surface area contributed by atoms with Crippen LogP contribution < -0.4 is 15.4 Å². The number of halogens is 1. The fourth-order valence-corrected chi connectivity index (χ4v) is 2.81. The molecule has 6 heteroatoms. The fraction of sp³-hybridized carbons (Fsp3) is 0.353. The zero-order chi connectivity index (χ0) is 15.6. The number of benzene rings is 1. The number of methoxy groups -OCH3 is 1. The summed E-state index contributed by atoms with van der Waals surface area (Å²) in [5.74, 6) is 1.71. The highest BCUT2D eigenvalue weighted by Crippen LogP contribution is 2.17. The predicted molar refractivity (Wildman–Crippen MR) is 109 cm³/mol. The van der Waals surface area contributed by atoms with Gasteiger partial charge in [0.2, 0.25) is 0 Å². The Morgan fingerprint density at radius 1 is 1.17 bits per heavy atom. The van der Waals surface area contributed by atoms with Gasteiger partial charge in [-0.3, -0.25) is 0 Å². The third-order valence-corrected chi connectivity index (χ3v) is 4.12. The molecule has 0 atom stereocenters. The molecule has 126 valence electrons. The van der Waals surface area contributed by atoms with Crippen LogP contribution in [0.15, 0.2) is 46.8 Å². The Balaban J connectivity index is 0.00000264. The molecule has 1 aromatic heterocycles. The van der Waals surface area contributed by atoms with E-state index in [2.05, 4.69) is 40.1 Å². The van der Waals surface area contributed by atoms with E-state index < -0.39 is 0 Å². The van der Waals surface area contributed by atoms with Gasteiger partial charge in [-0.25, -0.2) is 4.99 Å². The summed E-state index contributed by atoms with van der Waals surface area (Å²) >= 11 is 1.79. The average Bonchev–Trinajstić information content (AvgIpc) is 3.06. The predicted octanol–water partition coefficient (Wildman–Crippen LogP) is 3.67. The molecule has 0 unspecified atom stereocenters. The number of nitrogens with one attached hydrogen (secondary N) is 2. The van der Waals surface area contributed by atoms with Crippen LogP contribution in [-0.2, 0) is 13.0 Å². The van der Waals surface area contributed by atoms with Crippen molar-refractivity contribution < 1.29 is 4.74 Å². The van der Waals surface area contributed by atoms with Gasteiger partial charge in [-0.1, -0.05) is 24.3 Å². The first-order valence-corrected chi connectivity index (χ1v) is 8.38. The van der Waals surface area contributed by atoms with Crippen LogP contribution in [0.1, 0.15) is 17.4 Å². The Morgan fingerprint density at radius 3 is 2.70 bits per heavy atom. The SMILES string of the molecule is CCNC(=NCc1ccccc1OC)NCCc1cccs1.I. The molecule has 0 saturated carbocycles. The van der Waals surface area contributed by atoms with E-state index in [1.54, 1.807) is 18.4 Å². The Kier molecular flexibility index (Phi) is 9.70. The Labute approximate surface area is 159 Å². The van der Waals surface area contributed by atoms with Gasteiger partial charge >= 0.3 is 0 Å². The van der Waals surface area contributed by atoms with Gasteiger partial charge in [-0.05, 0) is 30.9 Å². The molecule has 1 aromatic carbocycles. The molecule has 2 rings (SSSR count). The third kappa shape index (κ3) is 6.78. The lowest BCUT2D eigenvalue weighted by Crippen LogP contribution is -2.38. The largest absolute Gasteiger partial charge is 0.496 e. The molecule has 1 heterocycles. The Morgan fingerprint density at radius 2 is 2.00 bits per heavy atom. The quantitative estimate of drug-likeness (QED) is 0.389. The minimum Gasteiger partial charge on any atom is -0.496 e. The fourth-order valence-electron chi connectivity index (χ4n) is 2.10. The molecule has 2 aromatic rings. The topological polar surface area (TPSA) is 45.7 Å². The second kappa shape index (κ2) is 11.3. The van der Waals surface area contributed by atoms with Crippen molar-refractivity contribution in [2.75, 3.05) is 20.2 Å². The van der Waals surface area contributed by atoms with Crippen LogP contribution in [0, 0.1) is 0 Å². The number of ether oxygens (including phenoxy) is 1. The monoisotopic (exact) mass is 445 g/mol. The first-order valence-electron chi connectivity index (χ1n) is 7.50. The van der Waals surface area contributed by atoms with Crippen molar-refractivity contribution in [3.05, 3.63) is 52.2 Å². The Hall–Kier alpha value is -1.28. The van der Waals surface area contributed by atoms with Gasteiger partial charge in [0.05, 0.1) is 13.7 Å². The molecule has 0 amide bonds. The normalized spacial score (nSPS) is 10.8. The number of guanidine groups is 1. The van der Waals surface area contributed by atoms with Crippen molar-refractivity contribution in [2.24, 2.45) is 4.99 Å². The molecule has 0 saturated heterocycles. The minimum absolute atomic E-state index is 0. The molecular formula is C17H24IN3OS.